The molecule has 1 N–H and O–H groups in total. The predicted molar refractivity (Wildman–Crippen MR) is 150 cm³/mol. The number of nitrogens with one attached hydrogen (secondary N) is 1. The summed E-state index contributed by atoms with van der Waals surface area (Å²) in [6, 6.07) is 10.1. The summed E-state index contributed by atoms with van der Waals surface area (Å²) >= 11 is 1.55. The lowest BCUT2D eigenvalue weighted by Gasteiger charge is -2.33. The summed E-state index contributed by atoms with van der Waals surface area (Å²) in [5, 5.41) is 6.78. The van der Waals surface area contributed by atoms with Gasteiger partial charge < -0.3 is 19.9 Å². The van der Waals surface area contributed by atoms with Crippen molar-refractivity contribution >= 4 is 34.1 Å². The molecular weight excluding hydrogens is 498 g/mol. The maximum absolute atomic E-state index is 13.2. The average molecular weight is 536 g/mol. The molecule has 2 saturated heterocycles. The SMILES string of the molecule is COc1cc(C(=O)N2CCC(c3nc(C(=O)NCCCN4CCCCC4C)cs3)CC2)nc2ccccc12. The Kier molecular flexibility index (Phi) is 8.54. The minimum Gasteiger partial charge on any atom is -0.496 e. The Hall–Kier alpha value is -3.04. The van der Waals surface area contributed by atoms with Gasteiger partial charge in [-0.15, -0.1) is 11.3 Å². The molecule has 2 amide bonds. The van der Waals surface area contributed by atoms with E-state index in [9.17, 15) is 9.59 Å². The fourth-order valence-corrected chi connectivity index (χ4v) is 6.53. The maximum atomic E-state index is 13.2. The molecule has 1 unspecified atom stereocenters. The number of methoxy groups -OCH3 is 1. The molecule has 38 heavy (non-hydrogen) atoms. The largest absolute Gasteiger partial charge is 0.496 e. The molecule has 2 aliphatic heterocycles. The first-order valence-electron chi connectivity index (χ1n) is 13.7. The van der Waals surface area contributed by atoms with E-state index in [4.69, 9.17) is 4.74 Å². The normalized spacial score (nSPS) is 19.0. The average Bonchev–Trinajstić information content (AvgIpc) is 3.46. The van der Waals surface area contributed by atoms with E-state index in [-0.39, 0.29) is 17.7 Å². The summed E-state index contributed by atoms with van der Waals surface area (Å²) in [4.78, 5) is 39.5. The minimum atomic E-state index is -0.0943. The molecule has 1 aromatic carbocycles. The third-order valence-electron chi connectivity index (χ3n) is 7.85. The number of aromatic nitrogens is 2. The van der Waals surface area contributed by atoms with Gasteiger partial charge in [-0.2, -0.15) is 0 Å². The number of pyridine rings is 1. The van der Waals surface area contributed by atoms with Gasteiger partial charge in [0.15, 0.2) is 0 Å². The van der Waals surface area contributed by atoms with Crippen molar-refractivity contribution in [1.82, 2.24) is 25.1 Å². The molecule has 9 heteroatoms. The summed E-state index contributed by atoms with van der Waals surface area (Å²) in [6.07, 6.45) is 6.47. The number of carbonyl (C=O) groups is 2. The van der Waals surface area contributed by atoms with Crippen molar-refractivity contribution in [3.05, 3.63) is 52.1 Å². The molecule has 0 radical (unpaired) electrons. The predicted octanol–water partition coefficient (Wildman–Crippen LogP) is 4.71. The number of nitrogens with zero attached hydrogens (tertiary/aromatic N) is 4. The number of likely N-dealkylation sites (tertiary alicyclic amines) is 2. The van der Waals surface area contributed by atoms with Crippen LogP contribution in [0, 0.1) is 0 Å². The topological polar surface area (TPSA) is 87.7 Å². The van der Waals surface area contributed by atoms with Gasteiger partial charge in [0.1, 0.15) is 17.1 Å². The molecule has 0 aliphatic carbocycles. The van der Waals surface area contributed by atoms with Crippen molar-refractivity contribution in [2.24, 2.45) is 0 Å². The van der Waals surface area contributed by atoms with Crippen LogP contribution in [0.25, 0.3) is 10.9 Å². The molecule has 0 saturated carbocycles. The lowest BCUT2D eigenvalue weighted by molar-refractivity contribution is 0.0707. The van der Waals surface area contributed by atoms with E-state index in [0.717, 1.165) is 41.7 Å². The zero-order valence-electron chi connectivity index (χ0n) is 22.3. The second-order valence-electron chi connectivity index (χ2n) is 10.4. The van der Waals surface area contributed by atoms with Crippen LogP contribution in [0.2, 0.25) is 0 Å². The van der Waals surface area contributed by atoms with Crippen LogP contribution in [0.1, 0.15) is 77.4 Å². The summed E-state index contributed by atoms with van der Waals surface area (Å²) in [6.45, 7) is 6.44. The molecule has 8 nitrogen and oxygen atoms in total. The zero-order chi connectivity index (χ0) is 26.5. The highest BCUT2D eigenvalue weighted by Crippen LogP contribution is 2.32. The van der Waals surface area contributed by atoms with Crippen molar-refractivity contribution in [3.8, 4) is 5.75 Å². The number of fused-ring (bicyclic) bond motifs is 1. The van der Waals surface area contributed by atoms with E-state index in [1.165, 1.54) is 25.8 Å². The highest BCUT2D eigenvalue weighted by Gasteiger charge is 2.28. The van der Waals surface area contributed by atoms with Crippen molar-refractivity contribution in [2.45, 2.75) is 57.4 Å². The highest BCUT2D eigenvalue weighted by molar-refractivity contribution is 7.09. The summed E-state index contributed by atoms with van der Waals surface area (Å²) in [5.41, 5.74) is 1.66. The van der Waals surface area contributed by atoms with Gasteiger partial charge in [0, 0.05) is 55.0 Å². The Morgan fingerprint density at radius 3 is 2.68 bits per heavy atom. The quantitative estimate of drug-likeness (QED) is 0.420. The van der Waals surface area contributed by atoms with Gasteiger partial charge in [0.2, 0.25) is 0 Å². The fraction of sp³-hybridized carbons (Fsp3) is 0.517. The number of thiazole rings is 1. The molecule has 3 aromatic rings. The van der Waals surface area contributed by atoms with E-state index in [2.05, 4.69) is 27.1 Å². The van der Waals surface area contributed by atoms with Crippen LogP contribution in [-0.4, -0.2) is 77.5 Å². The van der Waals surface area contributed by atoms with E-state index in [1.807, 2.05) is 34.5 Å². The monoisotopic (exact) mass is 535 g/mol. The van der Waals surface area contributed by atoms with Crippen molar-refractivity contribution in [2.75, 3.05) is 39.8 Å². The van der Waals surface area contributed by atoms with Crippen LogP contribution in [0.15, 0.2) is 35.7 Å². The zero-order valence-corrected chi connectivity index (χ0v) is 23.1. The second kappa shape index (κ2) is 12.2. The first-order valence-corrected chi connectivity index (χ1v) is 14.6. The number of amides is 2. The molecular formula is C29H37N5O3S. The van der Waals surface area contributed by atoms with E-state index < -0.39 is 0 Å². The molecule has 202 valence electrons. The Balaban J connectivity index is 1.11. The van der Waals surface area contributed by atoms with Gasteiger partial charge >= 0.3 is 0 Å². The Morgan fingerprint density at radius 2 is 1.89 bits per heavy atom. The van der Waals surface area contributed by atoms with Gasteiger partial charge in [-0.05, 0) is 57.7 Å². The van der Waals surface area contributed by atoms with Gasteiger partial charge in [-0.3, -0.25) is 9.59 Å². The summed E-state index contributed by atoms with van der Waals surface area (Å²) < 4.78 is 5.51. The first kappa shape index (κ1) is 26.6. The van der Waals surface area contributed by atoms with Crippen LogP contribution in [0.3, 0.4) is 0 Å². The van der Waals surface area contributed by atoms with Gasteiger partial charge in [0.05, 0.1) is 17.6 Å². The van der Waals surface area contributed by atoms with Crippen LogP contribution >= 0.6 is 11.3 Å². The number of rotatable bonds is 8. The lowest BCUT2D eigenvalue weighted by Crippen LogP contribution is -2.39. The van der Waals surface area contributed by atoms with Crippen molar-refractivity contribution < 1.29 is 14.3 Å². The number of carbonyl (C=O) groups excluding carboxylic acids is 2. The van der Waals surface area contributed by atoms with Crippen LogP contribution in [0.4, 0.5) is 0 Å². The molecule has 1 atom stereocenters. The number of piperidine rings is 2. The number of hydrogen-bond acceptors (Lipinski definition) is 7. The Morgan fingerprint density at radius 1 is 1.08 bits per heavy atom. The highest BCUT2D eigenvalue weighted by atomic mass is 32.1. The molecule has 2 aliphatic rings. The molecule has 2 fully saturated rings. The number of benzene rings is 1. The number of ether oxygens (including phenoxy) is 1. The smallest absolute Gasteiger partial charge is 0.272 e. The minimum absolute atomic E-state index is 0.0781. The Bertz CT molecular complexity index is 1270. The molecule has 2 aromatic heterocycles. The van der Waals surface area contributed by atoms with Crippen LogP contribution < -0.4 is 10.1 Å². The summed E-state index contributed by atoms with van der Waals surface area (Å²) in [5.74, 6) is 0.738. The first-order chi connectivity index (χ1) is 18.5. The van der Waals surface area contributed by atoms with E-state index in [0.29, 0.717) is 42.8 Å². The standard InChI is InChI=1S/C29H37N5O3S/c1-20-8-5-6-14-33(20)15-7-13-30-27(35)25-19-38-28(32-25)21-11-16-34(17-12-21)29(36)24-18-26(37-2)22-9-3-4-10-23(22)31-24/h3-4,9-10,18-21H,5-8,11-17H2,1-2H3,(H,30,35). The number of para-hydroxylation sites is 1. The van der Waals surface area contributed by atoms with Crippen LogP contribution in [-0.2, 0) is 0 Å². The molecule has 4 heterocycles. The fourth-order valence-electron chi connectivity index (χ4n) is 5.56. The lowest BCUT2D eigenvalue weighted by atomic mass is 9.97. The van der Waals surface area contributed by atoms with Crippen LogP contribution in [0.5, 0.6) is 5.75 Å². The summed E-state index contributed by atoms with van der Waals surface area (Å²) in [7, 11) is 1.61. The molecule has 0 spiro atoms. The van der Waals surface area contributed by atoms with E-state index >= 15 is 0 Å². The third kappa shape index (κ3) is 5.99. The van der Waals surface area contributed by atoms with Gasteiger partial charge in [-0.25, -0.2) is 9.97 Å². The van der Waals surface area contributed by atoms with Crippen molar-refractivity contribution in [1.29, 1.82) is 0 Å². The maximum Gasteiger partial charge on any atom is 0.272 e. The Labute approximate surface area is 228 Å². The van der Waals surface area contributed by atoms with Gasteiger partial charge in [0.25, 0.3) is 11.8 Å². The number of hydrogen-bond donors (Lipinski definition) is 1. The van der Waals surface area contributed by atoms with E-state index in [1.54, 1.807) is 24.5 Å². The van der Waals surface area contributed by atoms with Gasteiger partial charge in [-0.1, -0.05) is 18.6 Å². The third-order valence-corrected chi connectivity index (χ3v) is 8.86. The van der Waals surface area contributed by atoms with Crippen molar-refractivity contribution in [3.63, 3.8) is 0 Å². The molecule has 5 rings (SSSR count). The molecule has 0 bridgehead atoms. The second-order valence-corrected chi connectivity index (χ2v) is 11.2.